The van der Waals surface area contributed by atoms with Crippen molar-refractivity contribution >= 4 is 35.6 Å². The van der Waals surface area contributed by atoms with Crippen molar-refractivity contribution in [3.8, 4) is 0 Å². The van der Waals surface area contributed by atoms with Gasteiger partial charge in [-0.1, -0.05) is 0 Å². The van der Waals surface area contributed by atoms with Crippen molar-refractivity contribution in [1.82, 2.24) is 20.4 Å². The first-order valence-electron chi connectivity index (χ1n) is 9.25. The molecule has 26 heavy (non-hydrogen) atoms. The standard InChI is InChI=1S/C18H28N4O2S.ClH/c23-17(20-6-1-9-21-11-7-19-8-12-21)2-3-18(24)22-10-4-16-15(14-22)5-13-25-16;/h5,13,19H,1-4,6-12,14H2,(H,20,23);1H. The van der Waals surface area contributed by atoms with Gasteiger partial charge >= 0.3 is 0 Å². The molecule has 2 amide bonds. The first kappa shape index (κ1) is 21.2. The van der Waals surface area contributed by atoms with Crippen LogP contribution in [0.5, 0.6) is 0 Å². The SMILES string of the molecule is Cl.O=C(CCC(=O)N1CCc2sccc2C1)NCCCN1CCNCC1. The van der Waals surface area contributed by atoms with Gasteiger partial charge in [-0.15, -0.1) is 23.7 Å². The molecule has 0 atom stereocenters. The van der Waals surface area contributed by atoms with E-state index in [-0.39, 0.29) is 24.2 Å². The van der Waals surface area contributed by atoms with Gasteiger partial charge in [-0.2, -0.15) is 0 Å². The van der Waals surface area contributed by atoms with Crippen LogP contribution in [0.25, 0.3) is 0 Å². The molecule has 0 spiro atoms. The lowest BCUT2D eigenvalue weighted by Gasteiger charge is -2.27. The maximum absolute atomic E-state index is 12.3. The first-order chi connectivity index (χ1) is 12.2. The van der Waals surface area contributed by atoms with Crippen molar-refractivity contribution < 1.29 is 9.59 Å². The van der Waals surface area contributed by atoms with Crippen molar-refractivity contribution in [1.29, 1.82) is 0 Å². The summed E-state index contributed by atoms with van der Waals surface area (Å²) in [5, 5.41) is 8.37. The summed E-state index contributed by atoms with van der Waals surface area (Å²) in [6.07, 6.45) is 2.51. The van der Waals surface area contributed by atoms with Crippen molar-refractivity contribution in [2.75, 3.05) is 45.8 Å². The zero-order valence-electron chi connectivity index (χ0n) is 15.2. The van der Waals surface area contributed by atoms with Crippen LogP contribution >= 0.6 is 23.7 Å². The van der Waals surface area contributed by atoms with Gasteiger partial charge in [0.25, 0.3) is 0 Å². The van der Waals surface area contributed by atoms with Crippen molar-refractivity contribution in [3.05, 3.63) is 21.9 Å². The van der Waals surface area contributed by atoms with E-state index in [0.29, 0.717) is 25.9 Å². The van der Waals surface area contributed by atoms with Crippen LogP contribution in [0.1, 0.15) is 29.7 Å². The molecule has 0 aromatic carbocycles. The van der Waals surface area contributed by atoms with Gasteiger partial charge in [-0.25, -0.2) is 0 Å². The molecule has 0 aliphatic carbocycles. The zero-order chi connectivity index (χ0) is 17.5. The average molecular weight is 401 g/mol. The van der Waals surface area contributed by atoms with Crippen LogP contribution < -0.4 is 10.6 Å². The monoisotopic (exact) mass is 400 g/mol. The average Bonchev–Trinajstić information content (AvgIpc) is 3.12. The van der Waals surface area contributed by atoms with Crippen molar-refractivity contribution in [2.24, 2.45) is 0 Å². The van der Waals surface area contributed by atoms with E-state index < -0.39 is 0 Å². The highest BCUT2D eigenvalue weighted by Gasteiger charge is 2.21. The van der Waals surface area contributed by atoms with E-state index in [1.54, 1.807) is 11.3 Å². The Morgan fingerprint density at radius 2 is 2.00 bits per heavy atom. The maximum atomic E-state index is 12.3. The Balaban J connectivity index is 0.00000243. The Morgan fingerprint density at radius 1 is 1.19 bits per heavy atom. The Kier molecular flexibility index (Phi) is 8.84. The number of thiophene rings is 1. The van der Waals surface area contributed by atoms with Crippen LogP contribution in [0.3, 0.4) is 0 Å². The Bertz CT molecular complexity index is 590. The van der Waals surface area contributed by atoms with Gasteiger partial charge in [0.1, 0.15) is 0 Å². The maximum Gasteiger partial charge on any atom is 0.223 e. The van der Waals surface area contributed by atoms with Gasteiger partial charge < -0.3 is 20.4 Å². The fourth-order valence-corrected chi connectivity index (χ4v) is 4.28. The van der Waals surface area contributed by atoms with Crippen LogP contribution in [0, 0.1) is 0 Å². The van der Waals surface area contributed by atoms with E-state index in [0.717, 1.165) is 52.1 Å². The van der Waals surface area contributed by atoms with Gasteiger partial charge in [-0.05, 0) is 36.4 Å². The molecule has 8 heteroatoms. The Hall–Kier alpha value is -1.15. The van der Waals surface area contributed by atoms with Crippen LogP contribution in [0.2, 0.25) is 0 Å². The summed E-state index contributed by atoms with van der Waals surface area (Å²) >= 11 is 1.77. The zero-order valence-corrected chi connectivity index (χ0v) is 16.8. The first-order valence-corrected chi connectivity index (χ1v) is 10.1. The highest BCUT2D eigenvalue weighted by Crippen LogP contribution is 2.24. The fraction of sp³-hybridized carbons (Fsp3) is 0.667. The summed E-state index contributed by atoms with van der Waals surface area (Å²) in [4.78, 5) is 29.9. The molecule has 2 aliphatic heterocycles. The van der Waals surface area contributed by atoms with E-state index in [4.69, 9.17) is 0 Å². The minimum atomic E-state index is -0.0121. The highest BCUT2D eigenvalue weighted by molar-refractivity contribution is 7.10. The predicted octanol–water partition coefficient (Wildman–Crippen LogP) is 1.25. The smallest absolute Gasteiger partial charge is 0.223 e. The number of piperazine rings is 1. The molecule has 1 fully saturated rings. The summed E-state index contributed by atoms with van der Waals surface area (Å²) in [5.41, 5.74) is 1.27. The van der Waals surface area contributed by atoms with Crippen LogP contribution in [-0.2, 0) is 22.6 Å². The summed E-state index contributed by atoms with van der Waals surface area (Å²) in [6.45, 7) is 7.48. The molecular formula is C18H29ClN4O2S. The number of halogens is 1. The van der Waals surface area contributed by atoms with Crippen LogP contribution in [0.15, 0.2) is 11.4 Å². The van der Waals surface area contributed by atoms with E-state index in [2.05, 4.69) is 27.0 Å². The number of amides is 2. The Morgan fingerprint density at radius 3 is 2.81 bits per heavy atom. The summed E-state index contributed by atoms with van der Waals surface area (Å²) < 4.78 is 0. The molecule has 3 heterocycles. The van der Waals surface area contributed by atoms with E-state index >= 15 is 0 Å². The third-order valence-electron chi connectivity index (χ3n) is 4.91. The summed E-state index contributed by atoms with van der Waals surface area (Å²) in [5.74, 6) is 0.0784. The van der Waals surface area contributed by atoms with Gasteiger partial charge in [-0.3, -0.25) is 9.59 Å². The number of carbonyl (C=O) groups excluding carboxylic acids is 2. The lowest BCUT2D eigenvalue weighted by molar-refractivity contribution is -0.134. The van der Waals surface area contributed by atoms with Crippen LogP contribution in [-0.4, -0.2) is 67.4 Å². The lowest BCUT2D eigenvalue weighted by atomic mass is 10.1. The van der Waals surface area contributed by atoms with Gasteiger partial charge in [0.05, 0.1) is 0 Å². The molecule has 0 radical (unpaired) electrons. The van der Waals surface area contributed by atoms with Crippen LogP contribution in [0.4, 0.5) is 0 Å². The molecule has 0 bridgehead atoms. The second-order valence-electron chi connectivity index (χ2n) is 6.73. The minimum absolute atomic E-state index is 0. The van der Waals surface area contributed by atoms with Gasteiger partial charge in [0, 0.05) is 63.5 Å². The molecule has 2 N–H and O–H groups in total. The molecular weight excluding hydrogens is 372 g/mol. The number of carbonyl (C=O) groups is 2. The third kappa shape index (κ3) is 6.23. The lowest BCUT2D eigenvalue weighted by Crippen LogP contribution is -2.44. The van der Waals surface area contributed by atoms with Crippen molar-refractivity contribution in [2.45, 2.75) is 32.2 Å². The number of hydrogen-bond acceptors (Lipinski definition) is 5. The summed E-state index contributed by atoms with van der Waals surface area (Å²) in [6, 6.07) is 2.10. The van der Waals surface area contributed by atoms with Gasteiger partial charge in [0.2, 0.25) is 11.8 Å². The molecule has 146 valence electrons. The Labute approximate surface area is 165 Å². The third-order valence-corrected chi connectivity index (χ3v) is 5.93. The number of hydrogen-bond donors (Lipinski definition) is 2. The second-order valence-corrected chi connectivity index (χ2v) is 7.73. The van der Waals surface area contributed by atoms with Gasteiger partial charge in [0.15, 0.2) is 0 Å². The molecule has 0 saturated carbocycles. The molecule has 6 nitrogen and oxygen atoms in total. The highest BCUT2D eigenvalue weighted by atomic mass is 35.5. The largest absolute Gasteiger partial charge is 0.356 e. The molecule has 1 aromatic rings. The normalized spacial score (nSPS) is 17.3. The number of nitrogens with one attached hydrogen (secondary N) is 2. The number of rotatable bonds is 7. The fourth-order valence-electron chi connectivity index (χ4n) is 3.39. The minimum Gasteiger partial charge on any atom is -0.356 e. The quantitative estimate of drug-likeness (QED) is 0.676. The van der Waals surface area contributed by atoms with Crippen molar-refractivity contribution in [3.63, 3.8) is 0 Å². The van der Waals surface area contributed by atoms with E-state index in [1.807, 2.05) is 4.90 Å². The number of fused-ring (bicyclic) bond motifs is 1. The molecule has 2 aliphatic rings. The molecule has 3 rings (SSSR count). The topological polar surface area (TPSA) is 64.7 Å². The van der Waals surface area contributed by atoms with E-state index in [1.165, 1.54) is 10.4 Å². The molecule has 1 aromatic heterocycles. The van der Waals surface area contributed by atoms with E-state index in [9.17, 15) is 9.59 Å². The predicted molar refractivity (Wildman–Crippen MR) is 107 cm³/mol. The number of nitrogens with zero attached hydrogens (tertiary/aromatic N) is 2. The molecule has 1 saturated heterocycles. The summed E-state index contributed by atoms with van der Waals surface area (Å²) in [7, 11) is 0. The second kappa shape index (κ2) is 10.9. The molecule has 0 unspecified atom stereocenters.